The number of aromatic nitrogens is 1. The van der Waals surface area contributed by atoms with Crippen LogP contribution in [0.5, 0.6) is 5.75 Å². The van der Waals surface area contributed by atoms with Crippen molar-refractivity contribution in [1.82, 2.24) is 15.2 Å². The molecule has 2 aromatic carbocycles. The number of rotatable bonds is 8. The molecular formula is C26H28ClF2N5O2. The van der Waals surface area contributed by atoms with Crippen molar-refractivity contribution in [2.24, 2.45) is 0 Å². The summed E-state index contributed by atoms with van der Waals surface area (Å²) in [6.07, 6.45) is 2.13. The maximum Gasteiger partial charge on any atom is 0.214 e. The molecule has 1 aliphatic heterocycles. The van der Waals surface area contributed by atoms with Gasteiger partial charge in [0.2, 0.25) is 6.41 Å². The van der Waals surface area contributed by atoms with Crippen molar-refractivity contribution in [3.63, 3.8) is 0 Å². The van der Waals surface area contributed by atoms with Gasteiger partial charge in [-0.25, -0.2) is 13.8 Å². The molecule has 1 aliphatic rings. The molecule has 10 heteroatoms. The second-order valence-corrected chi connectivity index (χ2v) is 9.29. The molecule has 2 N–H and O–H groups in total. The maximum absolute atomic E-state index is 15.2. The van der Waals surface area contributed by atoms with Gasteiger partial charge in [-0.05, 0) is 61.6 Å². The van der Waals surface area contributed by atoms with Gasteiger partial charge in [0, 0.05) is 56.6 Å². The molecule has 1 saturated heterocycles. The maximum atomic E-state index is 15.2. The quantitative estimate of drug-likeness (QED) is 0.442. The van der Waals surface area contributed by atoms with Crippen LogP contribution in [-0.2, 0) is 4.79 Å². The second-order valence-electron chi connectivity index (χ2n) is 8.88. The van der Waals surface area contributed by atoms with E-state index in [9.17, 15) is 14.3 Å². The van der Waals surface area contributed by atoms with Crippen molar-refractivity contribution >= 4 is 29.5 Å². The van der Waals surface area contributed by atoms with Crippen LogP contribution < -0.4 is 15.1 Å². The number of nitrogens with one attached hydrogen (secondary N) is 1. The van der Waals surface area contributed by atoms with Crippen LogP contribution in [0.1, 0.15) is 0 Å². The van der Waals surface area contributed by atoms with Crippen molar-refractivity contribution in [3.8, 4) is 28.0 Å². The monoisotopic (exact) mass is 515 g/mol. The van der Waals surface area contributed by atoms with Crippen LogP contribution in [-0.4, -0.2) is 74.8 Å². The number of benzene rings is 2. The Morgan fingerprint density at radius 1 is 1.08 bits per heavy atom. The van der Waals surface area contributed by atoms with E-state index in [0.717, 1.165) is 44.1 Å². The minimum absolute atomic E-state index is 0.0222. The topological polar surface area (TPSA) is 71.9 Å². The van der Waals surface area contributed by atoms with Crippen LogP contribution in [0.2, 0.25) is 5.02 Å². The number of phenols is 1. The van der Waals surface area contributed by atoms with E-state index < -0.39 is 11.6 Å². The minimum atomic E-state index is -0.751. The smallest absolute Gasteiger partial charge is 0.214 e. The highest BCUT2D eigenvalue weighted by Gasteiger charge is 2.21. The number of anilines is 2. The van der Waals surface area contributed by atoms with Crippen LogP contribution in [0.4, 0.5) is 20.3 Å². The van der Waals surface area contributed by atoms with E-state index in [1.165, 1.54) is 17.0 Å². The molecule has 0 unspecified atom stereocenters. The number of halogens is 3. The fourth-order valence-electron chi connectivity index (χ4n) is 4.21. The number of hydrogen-bond acceptors (Lipinski definition) is 6. The summed E-state index contributed by atoms with van der Waals surface area (Å²) in [5, 5.41) is 14.4. The highest BCUT2D eigenvalue weighted by atomic mass is 35.5. The van der Waals surface area contributed by atoms with Crippen molar-refractivity contribution < 1.29 is 18.7 Å². The minimum Gasteiger partial charge on any atom is -0.507 e. The Balaban J connectivity index is 1.72. The number of aromatic hydroxyl groups is 1. The second kappa shape index (κ2) is 11.2. The Morgan fingerprint density at radius 3 is 2.42 bits per heavy atom. The van der Waals surface area contributed by atoms with Gasteiger partial charge in [0.25, 0.3) is 0 Å². The SMILES string of the molecule is CN(C)CCN(C=O)c1c(F)cc(-c2cc(F)cc(-c3ccnc(N4CCNCC4)c3)c2O)cc1Cl. The third kappa shape index (κ3) is 5.59. The molecule has 4 rings (SSSR count). The first-order chi connectivity index (χ1) is 17.3. The third-order valence-corrected chi connectivity index (χ3v) is 6.39. The number of amides is 1. The van der Waals surface area contributed by atoms with Crippen LogP contribution >= 0.6 is 11.6 Å². The van der Waals surface area contributed by atoms with Crippen molar-refractivity contribution in [3.05, 3.63) is 59.3 Å². The molecule has 2 heterocycles. The van der Waals surface area contributed by atoms with E-state index in [-0.39, 0.29) is 39.7 Å². The summed E-state index contributed by atoms with van der Waals surface area (Å²) in [7, 11) is 3.67. The lowest BCUT2D eigenvalue weighted by Crippen LogP contribution is -2.43. The highest BCUT2D eigenvalue weighted by Crippen LogP contribution is 2.42. The van der Waals surface area contributed by atoms with Crippen molar-refractivity contribution in [1.29, 1.82) is 0 Å². The zero-order chi connectivity index (χ0) is 25.8. The Hall–Kier alpha value is -3.27. The van der Waals surface area contributed by atoms with Gasteiger partial charge >= 0.3 is 0 Å². The van der Waals surface area contributed by atoms with Crippen LogP contribution in [0.15, 0.2) is 42.6 Å². The Kier molecular flexibility index (Phi) is 8.03. The summed E-state index contributed by atoms with van der Waals surface area (Å²) < 4.78 is 29.9. The molecule has 3 aromatic rings. The van der Waals surface area contributed by atoms with E-state index in [0.29, 0.717) is 18.5 Å². The molecule has 36 heavy (non-hydrogen) atoms. The molecule has 0 spiro atoms. The number of hydrogen-bond donors (Lipinski definition) is 2. The molecule has 1 fully saturated rings. The van der Waals surface area contributed by atoms with Crippen molar-refractivity contribution in [2.45, 2.75) is 0 Å². The van der Waals surface area contributed by atoms with Crippen molar-refractivity contribution in [2.75, 3.05) is 63.2 Å². The predicted octanol–water partition coefficient (Wildman–Crippen LogP) is 3.99. The first-order valence-electron chi connectivity index (χ1n) is 11.6. The Labute approximate surface area is 213 Å². The largest absolute Gasteiger partial charge is 0.507 e. The lowest BCUT2D eigenvalue weighted by molar-refractivity contribution is -0.107. The van der Waals surface area contributed by atoms with Crippen LogP contribution in [0.3, 0.4) is 0 Å². The molecule has 0 radical (unpaired) electrons. The molecular weight excluding hydrogens is 488 g/mol. The van der Waals surface area contributed by atoms with Gasteiger partial charge in [0.1, 0.15) is 23.2 Å². The number of likely N-dealkylation sites (N-methyl/N-ethyl adjacent to an activating group) is 1. The van der Waals surface area contributed by atoms with Gasteiger partial charge in [-0.2, -0.15) is 0 Å². The highest BCUT2D eigenvalue weighted by molar-refractivity contribution is 6.34. The number of piperazine rings is 1. The van der Waals surface area contributed by atoms with Crippen LogP contribution in [0, 0.1) is 11.6 Å². The van der Waals surface area contributed by atoms with E-state index in [1.807, 2.05) is 19.0 Å². The summed E-state index contributed by atoms with van der Waals surface area (Å²) in [4.78, 5) is 21.2. The van der Waals surface area contributed by atoms with Gasteiger partial charge < -0.3 is 25.1 Å². The summed E-state index contributed by atoms with van der Waals surface area (Å²) in [5.74, 6) is -0.834. The molecule has 0 aliphatic carbocycles. The molecule has 0 atom stereocenters. The lowest BCUT2D eigenvalue weighted by atomic mass is 9.97. The number of nitrogens with zero attached hydrogens (tertiary/aromatic N) is 4. The standard InChI is InChI=1S/C26H28ClF2N5O2/c1-32(2)9-10-34(16-35)25-22(27)11-18(12-23(25)29)21-15-19(28)14-20(26(21)36)17-3-4-31-24(13-17)33-7-5-30-6-8-33/h3-4,11-16,30,36H,5-10H2,1-2H3. The van der Waals surface area contributed by atoms with Gasteiger partial charge in [0.05, 0.1) is 10.7 Å². The van der Waals surface area contributed by atoms with Crippen LogP contribution in [0.25, 0.3) is 22.3 Å². The summed E-state index contributed by atoms with van der Waals surface area (Å²) in [5.41, 5.74) is 1.04. The number of carbonyl (C=O) groups is 1. The van der Waals surface area contributed by atoms with Gasteiger partial charge in [-0.15, -0.1) is 0 Å². The first-order valence-corrected chi connectivity index (χ1v) is 12.0. The molecule has 1 aromatic heterocycles. The van der Waals surface area contributed by atoms with E-state index >= 15 is 4.39 Å². The third-order valence-electron chi connectivity index (χ3n) is 6.10. The lowest BCUT2D eigenvalue weighted by Gasteiger charge is -2.28. The molecule has 0 bridgehead atoms. The summed E-state index contributed by atoms with van der Waals surface area (Å²) in [6, 6.07) is 8.41. The zero-order valence-electron chi connectivity index (χ0n) is 20.1. The van der Waals surface area contributed by atoms with E-state index in [4.69, 9.17) is 11.6 Å². The van der Waals surface area contributed by atoms with Gasteiger partial charge in [-0.3, -0.25) is 4.79 Å². The van der Waals surface area contributed by atoms with E-state index in [1.54, 1.807) is 18.3 Å². The first kappa shape index (κ1) is 25.8. The average molecular weight is 516 g/mol. The zero-order valence-corrected chi connectivity index (χ0v) is 20.9. The molecule has 1 amide bonds. The predicted molar refractivity (Wildman–Crippen MR) is 139 cm³/mol. The summed E-state index contributed by atoms with van der Waals surface area (Å²) >= 11 is 6.38. The molecule has 0 saturated carbocycles. The fraction of sp³-hybridized carbons (Fsp3) is 0.308. The summed E-state index contributed by atoms with van der Waals surface area (Å²) in [6.45, 7) is 3.98. The van der Waals surface area contributed by atoms with Gasteiger partial charge in [-0.1, -0.05) is 11.6 Å². The number of phenolic OH excluding ortho intramolecular Hbond substituents is 1. The average Bonchev–Trinajstić information content (AvgIpc) is 2.87. The van der Waals surface area contributed by atoms with E-state index in [2.05, 4.69) is 15.2 Å². The normalized spacial score (nSPS) is 13.8. The number of carbonyl (C=O) groups excluding carboxylic acids is 1. The van der Waals surface area contributed by atoms with Gasteiger partial charge in [0.15, 0.2) is 0 Å². The Bertz CT molecular complexity index is 1230. The Morgan fingerprint density at radius 2 is 1.78 bits per heavy atom. The molecule has 7 nitrogen and oxygen atoms in total. The fourth-order valence-corrected chi connectivity index (χ4v) is 4.53. The number of pyridine rings is 1. The molecule has 190 valence electrons.